The van der Waals surface area contributed by atoms with Crippen LogP contribution in [0.15, 0.2) is 18.2 Å². The largest absolute Gasteiger partial charge is 0.324 e. The number of aryl methyl sites for hydroxylation is 2. The lowest BCUT2D eigenvalue weighted by Crippen LogP contribution is -2.42. The van der Waals surface area contributed by atoms with Crippen LogP contribution in [-0.4, -0.2) is 30.4 Å². The molecule has 0 bridgehead atoms. The predicted molar refractivity (Wildman–Crippen MR) is 83.9 cm³/mol. The second-order valence-corrected chi connectivity index (χ2v) is 6.46. The fraction of sp³-hybridized carbons (Fsp3) is 0.588. The van der Waals surface area contributed by atoms with Crippen molar-refractivity contribution in [2.24, 2.45) is 11.8 Å². The molecule has 1 amide bonds. The van der Waals surface area contributed by atoms with Crippen molar-refractivity contribution in [2.45, 2.75) is 34.1 Å². The Kier molecular flexibility index (Phi) is 4.81. The molecule has 1 N–H and O–H groups in total. The van der Waals surface area contributed by atoms with Gasteiger partial charge in [0.05, 0.1) is 6.54 Å². The molecule has 0 aliphatic carbocycles. The second kappa shape index (κ2) is 6.40. The molecule has 110 valence electrons. The van der Waals surface area contributed by atoms with E-state index in [2.05, 4.69) is 24.1 Å². The van der Waals surface area contributed by atoms with Crippen LogP contribution in [-0.2, 0) is 4.79 Å². The van der Waals surface area contributed by atoms with Gasteiger partial charge in [-0.25, -0.2) is 0 Å². The molecule has 0 spiro atoms. The number of rotatable bonds is 3. The first-order valence-corrected chi connectivity index (χ1v) is 7.54. The first kappa shape index (κ1) is 15.0. The predicted octanol–water partition coefficient (Wildman–Crippen LogP) is 3.22. The lowest BCUT2D eigenvalue weighted by Gasteiger charge is -2.34. The Morgan fingerprint density at radius 1 is 1.20 bits per heavy atom. The average molecular weight is 274 g/mol. The molecule has 0 saturated carbocycles. The van der Waals surface area contributed by atoms with E-state index in [1.165, 1.54) is 6.42 Å². The van der Waals surface area contributed by atoms with E-state index in [1.807, 2.05) is 32.0 Å². The molecule has 3 nitrogen and oxygen atoms in total. The van der Waals surface area contributed by atoms with Crippen LogP contribution < -0.4 is 5.32 Å². The molecule has 0 radical (unpaired) electrons. The minimum absolute atomic E-state index is 0.101. The van der Waals surface area contributed by atoms with Crippen molar-refractivity contribution in [1.29, 1.82) is 0 Å². The molecule has 1 heterocycles. The standard InChI is InChI=1S/C17H26N2O/c1-12-8-13(2)10-19(9-12)11-16(20)18-17-14(3)6-5-7-15(17)4/h5-7,12-13H,8-11H2,1-4H3,(H,18,20)/t12-,13+. The van der Waals surface area contributed by atoms with Crippen LogP contribution in [0, 0.1) is 25.7 Å². The number of benzene rings is 1. The topological polar surface area (TPSA) is 32.3 Å². The van der Waals surface area contributed by atoms with Gasteiger partial charge >= 0.3 is 0 Å². The number of hydrogen-bond acceptors (Lipinski definition) is 2. The van der Waals surface area contributed by atoms with Crippen LogP contribution in [0.5, 0.6) is 0 Å². The van der Waals surface area contributed by atoms with Gasteiger partial charge in [-0.2, -0.15) is 0 Å². The summed E-state index contributed by atoms with van der Waals surface area (Å²) in [5, 5.41) is 3.07. The van der Waals surface area contributed by atoms with Crippen molar-refractivity contribution in [1.82, 2.24) is 4.90 Å². The van der Waals surface area contributed by atoms with E-state index in [9.17, 15) is 4.79 Å². The number of anilines is 1. The third-order valence-electron chi connectivity index (χ3n) is 4.06. The molecule has 0 aromatic heterocycles. The van der Waals surface area contributed by atoms with Gasteiger partial charge in [0, 0.05) is 18.8 Å². The van der Waals surface area contributed by atoms with Gasteiger partial charge in [0.1, 0.15) is 0 Å². The average Bonchev–Trinajstić information content (AvgIpc) is 2.32. The molecule has 1 aromatic rings. The number of likely N-dealkylation sites (tertiary alicyclic amines) is 1. The molecule has 1 aliphatic heterocycles. The highest BCUT2D eigenvalue weighted by Crippen LogP contribution is 2.22. The van der Waals surface area contributed by atoms with Gasteiger partial charge in [0.15, 0.2) is 0 Å². The van der Waals surface area contributed by atoms with E-state index in [1.54, 1.807) is 0 Å². The van der Waals surface area contributed by atoms with E-state index in [0.29, 0.717) is 18.4 Å². The summed E-state index contributed by atoms with van der Waals surface area (Å²) in [6.45, 7) is 11.2. The van der Waals surface area contributed by atoms with Crippen molar-refractivity contribution in [2.75, 3.05) is 25.0 Å². The van der Waals surface area contributed by atoms with Gasteiger partial charge in [0.25, 0.3) is 0 Å². The molecular weight excluding hydrogens is 248 g/mol. The van der Waals surface area contributed by atoms with Gasteiger partial charge < -0.3 is 5.32 Å². The Bertz CT molecular complexity index is 454. The van der Waals surface area contributed by atoms with E-state index in [0.717, 1.165) is 29.9 Å². The number of amides is 1. The fourth-order valence-electron chi connectivity index (χ4n) is 3.31. The molecule has 0 unspecified atom stereocenters. The van der Waals surface area contributed by atoms with Crippen LogP contribution >= 0.6 is 0 Å². The summed E-state index contributed by atoms with van der Waals surface area (Å²) in [4.78, 5) is 14.5. The summed E-state index contributed by atoms with van der Waals surface area (Å²) in [5.41, 5.74) is 3.22. The number of hydrogen-bond donors (Lipinski definition) is 1. The van der Waals surface area contributed by atoms with Gasteiger partial charge in [-0.15, -0.1) is 0 Å². The summed E-state index contributed by atoms with van der Waals surface area (Å²) in [5.74, 6) is 1.47. The maximum Gasteiger partial charge on any atom is 0.238 e. The summed E-state index contributed by atoms with van der Waals surface area (Å²) >= 11 is 0. The van der Waals surface area contributed by atoms with Gasteiger partial charge in [-0.05, 0) is 43.2 Å². The summed E-state index contributed by atoms with van der Waals surface area (Å²) < 4.78 is 0. The zero-order valence-electron chi connectivity index (χ0n) is 13.1. The summed E-state index contributed by atoms with van der Waals surface area (Å²) in [6, 6.07) is 6.09. The Morgan fingerprint density at radius 2 is 1.75 bits per heavy atom. The number of carbonyl (C=O) groups is 1. The molecule has 1 fully saturated rings. The van der Waals surface area contributed by atoms with Gasteiger partial charge in [0.2, 0.25) is 5.91 Å². The molecule has 1 aliphatic rings. The second-order valence-electron chi connectivity index (χ2n) is 6.46. The molecule has 2 rings (SSSR count). The monoisotopic (exact) mass is 274 g/mol. The zero-order valence-corrected chi connectivity index (χ0v) is 13.1. The van der Waals surface area contributed by atoms with Crippen LogP contribution in [0.3, 0.4) is 0 Å². The summed E-state index contributed by atoms with van der Waals surface area (Å²) in [7, 11) is 0. The Balaban J connectivity index is 1.95. The van der Waals surface area contributed by atoms with Crippen molar-refractivity contribution in [3.8, 4) is 0 Å². The highest BCUT2D eigenvalue weighted by Gasteiger charge is 2.23. The lowest BCUT2D eigenvalue weighted by atomic mass is 9.92. The molecule has 2 atom stereocenters. The molecule has 1 aromatic carbocycles. The van der Waals surface area contributed by atoms with E-state index in [-0.39, 0.29) is 5.91 Å². The highest BCUT2D eigenvalue weighted by molar-refractivity contribution is 5.93. The number of piperidine rings is 1. The van der Waals surface area contributed by atoms with Crippen LogP contribution in [0.4, 0.5) is 5.69 Å². The van der Waals surface area contributed by atoms with Gasteiger partial charge in [-0.1, -0.05) is 32.0 Å². The number of nitrogens with zero attached hydrogens (tertiary/aromatic N) is 1. The lowest BCUT2D eigenvalue weighted by molar-refractivity contribution is -0.117. The van der Waals surface area contributed by atoms with E-state index < -0.39 is 0 Å². The Morgan fingerprint density at radius 3 is 2.30 bits per heavy atom. The minimum Gasteiger partial charge on any atom is -0.324 e. The number of nitrogens with one attached hydrogen (secondary N) is 1. The summed E-state index contributed by atoms with van der Waals surface area (Å²) in [6.07, 6.45) is 1.27. The first-order chi connectivity index (χ1) is 9.45. The Hall–Kier alpha value is -1.35. The first-order valence-electron chi connectivity index (χ1n) is 7.54. The molecule has 3 heteroatoms. The van der Waals surface area contributed by atoms with Crippen molar-refractivity contribution >= 4 is 11.6 Å². The maximum atomic E-state index is 12.2. The highest BCUT2D eigenvalue weighted by atomic mass is 16.2. The minimum atomic E-state index is 0.101. The smallest absolute Gasteiger partial charge is 0.238 e. The normalized spacial score (nSPS) is 23.6. The molecule has 20 heavy (non-hydrogen) atoms. The van der Waals surface area contributed by atoms with Crippen molar-refractivity contribution < 1.29 is 4.79 Å². The van der Waals surface area contributed by atoms with Gasteiger partial charge in [-0.3, -0.25) is 9.69 Å². The maximum absolute atomic E-state index is 12.2. The Labute approximate surface area is 122 Å². The van der Waals surface area contributed by atoms with Crippen LogP contribution in [0.25, 0.3) is 0 Å². The SMILES string of the molecule is Cc1cccc(C)c1NC(=O)CN1C[C@H](C)C[C@H](C)C1. The van der Waals surface area contributed by atoms with Crippen molar-refractivity contribution in [3.05, 3.63) is 29.3 Å². The quantitative estimate of drug-likeness (QED) is 0.918. The van der Waals surface area contributed by atoms with Crippen LogP contribution in [0.1, 0.15) is 31.4 Å². The van der Waals surface area contributed by atoms with E-state index >= 15 is 0 Å². The van der Waals surface area contributed by atoms with Crippen LogP contribution in [0.2, 0.25) is 0 Å². The number of para-hydroxylation sites is 1. The van der Waals surface area contributed by atoms with Crippen molar-refractivity contribution in [3.63, 3.8) is 0 Å². The number of carbonyl (C=O) groups excluding carboxylic acids is 1. The third-order valence-corrected chi connectivity index (χ3v) is 4.06. The molecule has 1 saturated heterocycles. The van der Waals surface area contributed by atoms with E-state index in [4.69, 9.17) is 0 Å². The third kappa shape index (κ3) is 3.83. The zero-order chi connectivity index (χ0) is 14.7. The fourth-order valence-corrected chi connectivity index (χ4v) is 3.31. The molecular formula is C17H26N2O.